The molecule has 0 saturated carbocycles. The van der Waals surface area contributed by atoms with Gasteiger partial charge in [0.2, 0.25) is 0 Å². The second-order valence-corrected chi connectivity index (χ2v) is 5.94. The van der Waals surface area contributed by atoms with Crippen molar-refractivity contribution in [1.29, 1.82) is 0 Å². The molecular formula is C14H9BrClFOS. The van der Waals surface area contributed by atoms with Gasteiger partial charge in [-0.2, -0.15) is 0 Å². The van der Waals surface area contributed by atoms with Crippen LogP contribution in [0.5, 0.6) is 0 Å². The van der Waals surface area contributed by atoms with E-state index in [0.29, 0.717) is 15.1 Å². The molecule has 0 aliphatic rings. The highest BCUT2D eigenvalue weighted by Gasteiger charge is 2.16. The van der Waals surface area contributed by atoms with Crippen molar-refractivity contribution >= 4 is 45.1 Å². The van der Waals surface area contributed by atoms with Gasteiger partial charge in [-0.05, 0) is 58.6 Å². The molecule has 0 aromatic heterocycles. The predicted molar refractivity (Wildman–Crippen MR) is 80.8 cm³/mol. The number of ketones is 1. The third-order valence-corrected chi connectivity index (χ3v) is 4.55. The van der Waals surface area contributed by atoms with Crippen molar-refractivity contribution in [3.63, 3.8) is 0 Å². The van der Waals surface area contributed by atoms with E-state index < -0.39 is 5.82 Å². The SMILES string of the molecule is CSc1ccc(C(=O)c2cc(Cl)c(Br)cc2F)cc1. The van der Waals surface area contributed by atoms with E-state index in [0.717, 1.165) is 4.90 Å². The molecule has 0 bridgehead atoms. The smallest absolute Gasteiger partial charge is 0.196 e. The van der Waals surface area contributed by atoms with Gasteiger partial charge in [-0.15, -0.1) is 11.8 Å². The molecule has 0 unspecified atom stereocenters. The average molecular weight is 360 g/mol. The first-order valence-electron chi connectivity index (χ1n) is 5.36. The molecule has 2 aromatic carbocycles. The lowest BCUT2D eigenvalue weighted by Crippen LogP contribution is -2.04. The number of hydrogen-bond donors (Lipinski definition) is 0. The highest BCUT2D eigenvalue weighted by molar-refractivity contribution is 9.10. The molecule has 0 atom stereocenters. The molecule has 0 amide bonds. The monoisotopic (exact) mass is 358 g/mol. The lowest BCUT2D eigenvalue weighted by Gasteiger charge is -2.05. The summed E-state index contributed by atoms with van der Waals surface area (Å²) >= 11 is 10.6. The van der Waals surface area contributed by atoms with Crippen molar-refractivity contribution in [2.45, 2.75) is 4.90 Å². The van der Waals surface area contributed by atoms with Crippen LogP contribution in [-0.4, -0.2) is 12.0 Å². The number of carbonyl (C=O) groups is 1. The van der Waals surface area contributed by atoms with E-state index >= 15 is 0 Å². The van der Waals surface area contributed by atoms with Gasteiger partial charge >= 0.3 is 0 Å². The molecule has 5 heteroatoms. The van der Waals surface area contributed by atoms with Crippen LogP contribution in [0.1, 0.15) is 15.9 Å². The second kappa shape index (κ2) is 6.07. The quantitative estimate of drug-likeness (QED) is 0.426. The lowest BCUT2D eigenvalue weighted by molar-refractivity contribution is 0.103. The van der Waals surface area contributed by atoms with Gasteiger partial charge in [0.25, 0.3) is 0 Å². The molecule has 0 aliphatic carbocycles. The molecule has 0 N–H and O–H groups in total. The fourth-order valence-corrected chi connectivity index (χ4v) is 2.48. The Morgan fingerprint density at radius 2 is 1.89 bits per heavy atom. The van der Waals surface area contributed by atoms with Crippen molar-refractivity contribution in [1.82, 2.24) is 0 Å². The van der Waals surface area contributed by atoms with Crippen molar-refractivity contribution in [2.75, 3.05) is 6.26 Å². The summed E-state index contributed by atoms with van der Waals surface area (Å²) < 4.78 is 14.2. The molecule has 0 radical (unpaired) electrons. The predicted octanol–water partition coefficient (Wildman–Crippen LogP) is 5.19. The summed E-state index contributed by atoms with van der Waals surface area (Å²) in [6.07, 6.45) is 1.95. The largest absolute Gasteiger partial charge is 0.288 e. The number of hydrogen-bond acceptors (Lipinski definition) is 2. The first-order chi connectivity index (χ1) is 9.02. The van der Waals surface area contributed by atoms with Crippen LogP contribution in [0.2, 0.25) is 5.02 Å². The third-order valence-electron chi connectivity index (χ3n) is 2.61. The van der Waals surface area contributed by atoms with Crippen molar-refractivity contribution in [3.05, 3.63) is 62.8 Å². The van der Waals surface area contributed by atoms with E-state index in [9.17, 15) is 9.18 Å². The molecule has 98 valence electrons. The first kappa shape index (κ1) is 14.6. The van der Waals surface area contributed by atoms with Gasteiger partial charge in [0.05, 0.1) is 10.6 Å². The summed E-state index contributed by atoms with van der Waals surface area (Å²) in [5.74, 6) is -0.963. The van der Waals surface area contributed by atoms with Crippen LogP contribution in [0.4, 0.5) is 4.39 Å². The zero-order valence-corrected chi connectivity index (χ0v) is 13.1. The van der Waals surface area contributed by atoms with Crippen LogP contribution >= 0.6 is 39.3 Å². The Hall–Kier alpha value is -0.840. The zero-order chi connectivity index (χ0) is 14.0. The molecular weight excluding hydrogens is 351 g/mol. The minimum atomic E-state index is -0.588. The van der Waals surface area contributed by atoms with Crippen molar-refractivity contribution in [3.8, 4) is 0 Å². The fourth-order valence-electron chi connectivity index (χ4n) is 1.59. The summed E-state index contributed by atoms with van der Waals surface area (Å²) in [6, 6.07) is 9.57. The van der Waals surface area contributed by atoms with Crippen LogP contribution < -0.4 is 0 Å². The summed E-state index contributed by atoms with van der Waals surface area (Å²) in [6.45, 7) is 0. The number of benzene rings is 2. The van der Waals surface area contributed by atoms with Crippen LogP contribution in [0.25, 0.3) is 0 Å². The molecule has 0 aliphatic heterocycles. The molecule has 2 aromatic rings. The number of carbonyl (C=O) groups excluding carboxylic acids is 1. The minimum absolute atomic E-state index is 0.0231. The van der Waals surface area contributed by atoms with Crippen LogP contribution in [0, 0.1) is 5.82 Å². The maximum atomic E-state index is 13.8. The van der Waals surface area contributed by atoms with Gasteiger partial charge in [-0.25, -0.2) is 4.39 Å². The van der Waals surface area contributed by atoms with E-state index in [2.05, 4.69) is 15.9 Å². The second-order valence-electron chi connectivity index (χ2n) is 3.80. The van der Waals surface area contributed by atoms with E-state index in [-0.39, 0.29) is 11.3 Å². The molecule has 0 saturated heterocycles. The van der Waals surface area contributed by atoms with E-state index in [1.807, 2.05) is 18.4 Å². The van der Waals surface area contributed by atoms with Gasteiger partial charge < -0.3 is 0 Å². The Labute approximate surface area is 128 Å². The van der Waals surface area contributed by atoms with E-state index in [1.54, 1.807) is 23.9 Å². The summed E-state index contributed by atoms with van der Waals surface area (Å²) in [4.78, 5) is 13.3. The number of thioether (sulfide) groups is 1. The van der Waals surface area contributed by atoms with E-state index in [4.69, 9.17) is 11.6 Å². The molecule has 19 heavy (non-hydrogen) atoms. The van der Waals surface area contributed by atoms with Gasteiger partial charge in [0.15, 0.2) is 5.78 Å². The van der Waals surface area contributed by atoms with Crippen molar-refractivity contribution in [2.24, 2.45) is 0 Å². The number of rotatable bonds is 3. The standard InChI is InChI=1S/C14H9BrClFOS/c1-19-9-4-2-8(3-5-9)14(18)10-6-12(16)11(15)7-13(10)17/h2-7H,1H3. The lowest BCUT2D eigenvalue weighted by atomic mass is 10.0. The first-order valence-corrected chi connectivity index (χ1v) is 7.76. The Morgan fingerprint density at radius 1 is 1.26 bits per heavy atom. The normalized spacial score (nSPS) is 10.5. The minimum Gasteiger partial charge on any atom is -0.288 e. The topological polar surface area (TPSA) is 17.1 Å². The van der Waals surface area contributed by atoms with Gasteiger partial charge in [-0.3, -0.25) is 4.79 Å². The Balaban J connectivity index is 2.40. The molecule has 0 spiro atoms. The molecule has 0 fully saturated rings. The maximum Gasteiger partial charge on any atom is 0.196 e. The summed E-state index contributed by atoms with van der Waals surface area (Å²) in [5.41, 5.74) is 0.417. The molecule has 1 nitrogen and oxygen atoms in total. The van der Waals surface area contributed by atoms with Crippen molar-refractivity contribution < 1.29 is 9.18 Å². The fraction of sp³-hybridized carbons (Fsp3) is 0.0714. The third kappa shape index (κ3) is 3.19. The Kier molecular flexibility index (Phi) is 4.66. The van der Waals surface area contributed by atoms with Crippen LogP contribution in [0.3, 0.4) is 0 Å². The van der Waals surface area contributed by atoms with E-state index in [1.165, 1.54) is 12.1 Å². The highest BCUT2D eigenvalue weighted by atomic mass is 79.9. The van der Waals surface area contributed by atoms with Gasteiger partial charge in [0.1, 0.15) is 5.82 Å². The van der Waals surface area contributed by atoms with Crippen LogP contribution in [0.15, 0.2) is 45.8 Å². The molecule has 2 rings (SSSR count). The summed E-state index contributed by atoms with van der Waals surface area (Å²) in [7, 11) is 0. The van der Waals surface area contributed by atoms with Crippen LogP contribution in [-0.2, 0) is 0 Å². The van der Waals surface area contributed by atoms with Gasteiger partial charge in [-0.1, -0.05) is 11.6 Å². The number of halogens is 3. The highest BCUT2D eigenvalue weighted by Crippen LogP contribution is 2.27. The Morgan fingerprint density at radius 3 is 2.47 bits per heavy atom. The molecule has 0 heterocycles. The maximum absolute atomic E-state index is 13.8. The Bertz CT molecular complexity index is 628. The zero-order valence-electron chi connectivity index (χ0n) is 9.91. The van der Waals surface area contributed by atoms with Gasteiger partial charge in [0, 0.05) is 14.9 Å². The average Bonchev–Trinajstić information content (AvgIpc) is 2.42. The summed E-state index contributed by atoms with van der Waals surface area (Å²) in [5, 5.41) is 0.311.